The predicted octanol–water partition coefficient (Wildman–Crippen LogP) is 3.59. The number of benzene rings is 1. The van der Waals surface area contributed by atoms with Crippen LogP contribution in [-0.4, -0.2) is 12.1 Å². The maximum atomic E-state index is 12.1. The minimum Gasteiger partial charge on any atom is -0.344 e. The molecule has 0 aliphatic carbocycles. The second-order valence-electron chi connectivity index (χ2n) is 3.85. The maximum Gasteiger partial charge on any atom is 0.471 e. The van der Waals surface area contributed by atoms with Crippen LogP contribution in [0, 0.1) is 0 Å². The van der Waals surface area contributed by atoms with Crippen molar-refractivity contribution in [3.63, 3.8) is 0 Å². The number of carbonyl (C=O) groups excluding carboxylic acids is 1. The van der Waals surface area contributed by atoms with Gasteiger partial charge in [0, 0.05) is 6.54 Å². The molecule has 1 aromatic carbocycles. The summed E-state index contributed by atoms with van der Waals surface area (Å²) < 4.78 is 36.3. The molecule has 0 saturated heterocycles. The van der Waals surface area contributed by atoms with Crippen LogP contribution in [0.4, 0.5) is 13.2 Å². The van der Waals surface area contributed by atoms with Crippen molar-refractivity contribution >= 4 is 17.2 Å². The molecule has 19 heavy (non-hydrogen) atoms. The first-order chi connectivity index (χ1) is 8.98. The van der Waals surface area contributed by atoms with E-state index in [1.807, 2.05) is 34.3 Å². The first kappa shape index (κ1) is 13.6. The molecule has 2 aromatic rings. The number of thiophene rings is 1. The van der Waals surface area contributed by atoms with Crippen LogP contribution in [-0.2, 0) is 11.3 Å². The predicted molar refractivity (Wildman–Crippen MR) is 67.7 cm³/mol. The summed E-state index contributed by atoms with van der Waals surface area (Å²) in [7, 11) is 0. The molecule has 2 nitrogen and oxygen atoms in total. The fraction of sp³-hybridized carbons (Fsp3) is 0.154. The lowest BCUT2D eigenvalue weighted by Gasteiger charge is -2.11. The number of rotatable bonds is 3. The van der Waals surface area contributed by atoms with E-state index in [4.69, 9.17) is 0 Å². The normalized spacial score (nSPS) is 11.3. The first-order valence-corrected chi connectivity index (χ1v) is 6.38. The highest BCUT2D eigenvalue weighted by atomic mass is 32.1. The van der Waals surface area contributed by atoms with E-state index in [1.54, 1.807) is 12.1 Å². The van der Waals surface area contributed by atoms with Gasteiger partial charge in [-0.25, -0.2) is 0 Å². The van der Waals surface area contributed by atoms with E-state index in [0.29, 0.717) is 5.56 Å². The first-order valence-electron chi connectivity index (χ1n) is 5.44. The topological polar surface area (TPSA) is 29.1 Å². The highest BCUT2D eigenvalue weighted by molar-refractivity contribution is 7.08. The van der Waals surface area contributed by atoms with Gasteiger partial charge < -0.3 is 5.32 Å². The zero-order chi connectivity index (χ0) is 13.9. The van der Waals surface area contributed by atoms with Crippen LogP contribution < -0.4 is 5.32 Å². The summed E-state index contributed by atoms with van der Waals surface area (Å²) in [5.74, 6) is -1.92. The van der Waals surface area contributed by atoms with Gasteiger partial charge in [0.25, 0.3) is 0 Å². The largest absolute Gasteiger partial charge is 0.471 e. The summed E-state index contributed by atoms with van der Waals surface area (Å²) in [6.07, 6.45) is -4.85. The van der Waals surface area contributed by atoms with Crippen molar-refractivity contribution in [2.75, 3.05) is 0 Å². The minimum atomic E-state index is -4.85. The molecule has 1 amide bonds. The lowest BCUT2D eigenvalue weighted by Crippen LogP contribution is -2.36. The quantitative estimate of drug-likeness (QED) is 0.917. The van der Waals surface area contributed by atoms with Crippen LogP contribution in [0.2, 0.25) is 0 Å². The van der Waals surface area contributed by atoms with E-state index in [0.717, 1.165) is 11.1 Å². The molecule has 0 spiro atoms. The SMILES string of the molecule is O=C(NCc1ccccc1-c1ccsc1)C(F)(F)F. The second kappa shape index (κ2) is 5.44. The summed E-state index contributed by atoms with van der Waals surface area (Å²) in [5.41, 5.74) is 2.41. The Balaban J connectivity index is 2.16. The summed E-state index contributed by atoms with van der Waals surface area (Å²) in [6, 6.07) is 8.93. The van der Waals surface area contributed by atoms with Gasteiger partial charge in [-0.3, -0.25) is 4.79 Å². The number of carbonyl (C=O) groups is 1. The number of halogens is 3. The van der Waals surface area contributed by atoms with Crippen LogP contribution in [0.1, 0.15) is 5.56 Å². The molecular weight excluding hydrogens is 275 g/mol. The van der Waals surface area contributed by atoms with E-state index in [-0.39, 0.29) is 6.54 Å². The van der Waals surface area contributed by atoms with Crippen LogP contribution in [0.5, 0.6) is 0 Å². The zero-order valence-corrected chi connectivity index (χ0v) is 10.5. The zero-order valence-electron chi connectivity index (χ0n) is 9.70. The van der Waals surface area contributed by atoms with Crippen molar-refractivity contribution in [1.82, 2.24) is 5.32 Å². The molecule has 0 aliphatic rings. The highest BCUT2D eigenvalue weighted by Crippen LogP contribution is 2.26. The number of hydrogen-bond donors (Lipinski definition) is 1. The fourth-order valence-corrected chi connectivity index (χ4v) is 2.31. The molecule has 1 N–H and O–H groups in total. The fourth-order valence-electron chi connectivity index (χ4n) is 1.65. The van der Waals surface area contributed by atoms with Gasteiger partial charge in [0.2, 0.25) is 0 Å². The summed E-state index contributed by atoms with van der Waals surface area (Å²) >= 11 is 1.50. The Morgan fingerprint density at radius 1 is 1.21 bits per heavy atom. The summed E-state index contributed by atoms with van der Waals surface area (Å²) in [5, 5.41) is 5.68. The molecule has 1 aromatic heterocycles. The molecule has 1 heterocycles. The lowest BCUT2D eigenvalue weighted by atomic mass is 10.0. The van der Waals surface area contributed by atoms with Crippen LogP contribution in [0.15, 0.2) is 41.1 Å². The van der Waals surface area contributed by atoms with Gasteiger partial charge in [-0.05, 0) is 33.5 Å². The Hall–Kier alpha value is -1.82. The molecule has 0 unspecified atom stereocenters. The Bertz CT molecular complexity index is 564. The van der Waals surface area contributed by atoms with Gasteiger partial charge in [-0.2, -0.15) is 24.5 Å². The van der Waals surface area contributed by atoms with Crippen molar-refractivity contribution in [2.24, 2.45) is 0 Å². The molecule has 0 fully saturated rings. The number of amides is 1. The van der Waals surface area contributed by atoms with Crippen molar-refractivity contribution in [2.45, 2.75) is 12.7 Å². The number of hydrogen-bond acceptors (Lipinski definition) is 2. The van der Waals surface area contributed by atoms with E-state index < -0.39 is 12.1 Å². The van der Waals surface area contributed by atoms with Crippen LogP contribution in [0.3, 0.4) is 0 Å². The molecule has 2 rings (SSSR count). The van der Waals surface area contributed by atoms with Crippen molar-refractivity contribution in [3.05, 3.63) is 46.7 Å². The Morgan fingerprint density at radius 3 is 2.58 bits per heavy atom. The molecule has 6 heteroatoms. The van der Waals surface area contributed by atoms with Crippen LogP contribution in [0.25, 0.3) is 11.1 Å². The van der Waals surface area contributed by atoms with Gasteiger partial charge in [0.1, 0.15) is 0 Å². The summed E-state index contributed by atoms with van der Waals surface area (Å²) in [4.78, 5) is 10.8. The van der Waals surface area contributed by atoms with Gasteiger partial charge in [0.15, 0.2) is 0 Å². The third kappa shape index (κ3) is 3.35. The van der Waals surface area contributed by atoms with Crippen molar-refractivity contribution < 1.29 is 18.0 Å². The van der Waals surface area contributed by atoms with E-state index in [9.17, 15) is 18.0 Å². The van der Waals surface area contributed by atoms with Gasteiger partial charge in [0.05, 0.1) is 0 Å². The molecular formula is C13H10F3NOS. The molecule has 100 valence electrons. The monoisotopic (exact) mass is 285 g/mol. The number of alkyl halides is 3. The van der Waals surface area contributed by atoms with Crippen molar-refractivity contribution in [3.8, 4) is 11.1 Å². The van der Waals surface area contributed by atoms with E-state index in [1.165, 1.54) is 11.3 Å². The highest BCUT2D eigenvalue weighted by Gasteiger charge is 2.38. The smallest absolute Gasteiger partial charge is 0.344 e. The third-order valence-electron chi connectivity index (χ3n) is 2.55. The molecule has 0 bridgehead atoms. The molecule has 0 atom stereocenters. The maximum absolute atomic E-state index is 12.1. The van der Waals surface area contributed by atoms with E-state index in [2.05, 4.69) is 0 Å². The van der Waals surface area contributed by atoms with Gasteiger partial charge in [-0.15, -0.1) is 0 Å². The van der Waals surface area contributed by atoms with Crippen molar-refractivity contribution in [1.29, 1.82) is 0 Å². The van der Waals surface area contributed by atoms with Crippen LogP contribution >= 0.6 is 11.3 Å². The Labute approximate surface area is 111 Å². The lowest BCUT2D eigenvalue weighted by molar-refractivity contribution is -0.173. The van der Waals surface area contributed by atoms with E-state index >= 15 is 0 Å². The molecule has 0 saturated carbocycles. The Morgan fingerprint density at radius 2 is 1.95 bits per heavy atom. The van der Waals surface area contributed by atoms with Gasteiger partial charge in [-0.1, -0.05) is 24.3 Å². The molecule has 0 radical (unpaired) electrons. The second-order valence-corrected chi connectivity index (χ2v) is 4.63. The number of nitrogens with one attached hydrogen (secondary N) is 1. The Kier molecular flexibility index (Phi) is 3.90. The van der Waals surface area contributed by atoms with Gasteiger partial charge >= 0.3 is 12.1 Å². The summed E-state index contributed by atoms with van der Waals surface area (Å²) in [6.45, 7) is -0.148. The minimum absolute atomic E-state index is 0.148. The average Bonchev–Trinajstić information content (AvgIpc) is 2.88. The molecule has 0 aliphatic heterocycles. The average molecular weight is 285 g/mol. The third-order valence-corrected chi connectivity index (χ3v) is 3.23. The standard InChI is InChI=1S/C13H10F3NOS/c14-13(15,16)12(18)17-7-9-3-1-2-4-11(9)10-5-6-19-8-10/h1-6,8H,7H2,(H,17,18).